The van der Waals surface area contributed by atoms with Crippen molar-refractivity contribution in [2.75, 3.05) is 0 Å². The zero-order valence-corrected chi connectivity index (χ0v) is 11.3. The van der Waals surface area contributed by atoms with Crippen LogP contribution in [0.4, 0.5) is 0 Å². The SMILES string of the molecule is O=C1NC2CC=C(Br)C=C2CCC1I. The van der Waals surface area contributed by atoms with Gasteiger partial charge in [-0.2, -0.15) is 0 Å². The molecule has 0 aromatic rings. The molecule has 1 fully saturated rings. The number of alkyl halides is 1. The Morgan fingerprint density at radius 3 is 3.14 bits per heavy atom. The van der Waals surface area contributed by atoms with Gasteiger partial charge in [0, 0.05) is 4.48 Å². The first kappa shape index (κ1) is 10.7. The van der Waals surface area contributed by atoms with E-state index in [4.69, 9.17) is 0 Å². The lowest BCUT2D eigenvalue weighted by Gasteiger charge is -2.20. The van der Waals surface area contributed by atoms with E-state index in [1.165, 1.54) is 5.57 Å². The zero-order valence-electron chi connectivity index (χ0n) is 7.59. The number of allylic oxidation sites excluding steroid dienone is 2. The summed E-state index contributed by atoms with van der Waals surface area (Å²) in [6.07, 6.45) is 7.15. The number of halogens is 2. The highest BCUT2D eigenvalue weighted by Gasteiger charge is 2.27. The molecule has 0 bridgehead atoms. The van der Waals surface area contributed by atoms with E-state index in [-0.39, 0.29) is 15.9 Å². The van der Waals surface area contributed by atoms with Gasteiger partial charge in [0.15, 0.2) is 0 Å². The van der Waals surface area contributed by atoms with Crippen molar-refractivity contribution in [1.82, 2.24) is 5.32 Å². The third kappa shape index (κ3) is 2.21. The molecule has 2 atom stereocenters. The van der Waals surface area contributed by atoms with Crippen LogP contribution in [0.15, 0.2) is 22.2 Å². The van der Waals surface area contributed by atoms with Crippen LogP contribution >= 0.6 is 38.5 Å². The molecule has 0 radical (unpaired) electrons. The summed E-state index contributed by atoms with van der Waals surface area (Å²) >= 11 is 5.69. The van der Waals surface area contributed by atoms with Crippen LogP contribution in [0.2, 0.25) is 0 Å². The second kappa shape index (κ2) is 4.35. The van der Waals surface area contributed by atoms with Gasteiger partial charge in [0.25, 0.3) is 0 Å². The molecule has 1 N–H and O–H groups in total. The second-order valence-electron chi connectivity index (χ2n) is 3.61. The number of nitrogens with one attached hydrogen (secondary N) is 1. The first-order chi connectivity index (χ1) is 6.66. The molecule has 2 rings (SSSR count). The highest BCUT2D eigenvalue weighted by Crippen LogP contribution is 2.29. The summed E-state index contributed by atoms with van der Waals surface area (Å²) in [6.45, 7) is 0. The minimum Gasteiger partial charge on any atom is -0.348 e. The molecule has 2 nitrogen and oxygen atoms in total. The minimum absolute atomic E-state index is 0.123. The number of rotatable bonds is 0. The highest BCUT2D eigenvalue weighted by atomic mass is 127. The van der Waals surface area contributed by atoms with E-state index in [1.807, 2.05) is 0 Å². The van der Waals surface area contributed by atoms with Crippen molar-refractivity contribution >= 4 is 44.4 Å². The predicted molar refractivity (Wildman–Crippen MR) is 68.7 cm³/mol. The Bertz CT molecular complexity index is 324. The molecule has 14 heavy (non-hydrogen) atoms. The van der Waals surface area contributed by atoms with E-state index in [2.05, 4.69) is 56.0 Å². The summed E-state index contributed by atoms with van der Waals surface area (Å²) in [5.74, 6) is 0.186. The summed E-state index contributed by atoms with van der Waals surface area (Å²) < 4.78 is 1.27. The maximum absolute atomic E-state index is 11.6. The maximum atomic E-state index is 11.6. The monoisotopic (exact) mass is 367 g/mol. The lowest BCUT2D eigenvalue weighted by atomic mass is 9.96. The Labute approximate surface area is 105 Å². The molecular weight excluding hydrogens is 357 g/mol. The fourth-order valence-electron chi connectivity index (χ4n) is 1.80. The van der Waals surface area contributed by atoms with Gasteiger partial charge in [0.1, 0.15) is 0 Å². The van der Waals surface area contributed by atoms with Crippen LogP contribution in [0.3, 0.4) is 0 Å². The van der Waals surface area contributed by atoms with Crippen LogP contribution in [0.25, 0.3) is 0 Å². The number of hydrogen-bond donors (Lipinski definition) is 1. The Balaban J connectivity index is 2.19. The Morgan fingerprint density at radius 2 is 2.36 bits per heavy atom. The minimum atomic E-state index is 0.123. The van der Waals surface area contributed by atoms with Gasteiger partial charge in [0.05, 0.1) is 9.97 Å². The molecule has 0 aromatic heterocycles. The number of carbonyl (C=O) groups excluding carboxylic acids is 1. The number of fused-ring (bicyclic) bond motifs is 1. The van der Waals surface area contributed by atoms with Crippen molar-refractivity contribution in [3.05, 3.63) is 22.2 Å². The molecule has 1 heterocycles. The van der Waals surface area contributed by atoms with Gasteiger partial charge in [-0.3, -0.25) is 4.79 Å². The van der Waals surface area contributed by atoms with Crippen LogP contribution < -0.4 is 5.32 Å². The summed E-state index contributed by atoms with van der Waals surface area (Å²) in [5, 5.41) is 3.07. The average molecular weight is 368 g/mol. The molecule has 1 amide bonds. The highest BCUT2D eigenvalue weighted by molar-refractivity contribution is 14.1. The molecule has 2 aliphatic rings. The van der Waals surface area contributed by atoms with Gasteiger partial charge in [-0.15, -0.1) is 0 Å². The van der Waals surface area contributed by atoms with Crippen molar-refractivity contribution in [2.24, 2.45) is 0 Å². The second-order valence-corrected chi connectivity index (χ2v) is 6.03. The number of amides is 1. The molecule has 4 heteroatoms. The van der Waals surface area contributed by atoms with E-state index >= 15 is 0 Å². The van der Waals surface area contributed by atoms with Crippen molar-refractivity contribution in [3.8, 4) is 0 Å². The van der Waals surface area contributed by atoms with Crippen LogP contribution in [0.5, 0.6) is 0 Å². The van der Waals surface area contributed by atoms with Gasteiger partial charge in [-0.05, 0) is 30.9 Å². The van der Waals surface area contributed by atoms with Crippen LogP contribution in [0.1, 0.15) is 19.3 Å². The fourth-order valence-corrected chi connectivity index (χ4v) is 2.78. The quantitative estimate of drug-likeness (QED) is 0.517. The molecular formula is C10H11BrINO. The topological polar surface area (TPSA) is 29.1 Å². The smallest absolute Gasteiger partial charge is 0.233 e. The lowest BCUT2D eigenvalue weighted by molar-refractivity contribution is -0.120. The molecule has 1 aliphatic carbocycles. The van der Waals surface area contributed by atoms with Crippen molar-refractivity contribution < 1.29 is 4.79 Å². The first-order valence-electron chi connectivity index (χ1n) is 4.67. The van der Waals surface area contributed by atoms with Crippen LogP contribution in [0, 0.1) is 0 Å². The lowest BCUT2D eigenvalue weighted by Crippen LogP contribution is -2.37. The van der Waals surface area contributed by atoms with E-state index in [1.54, 1.807) is 0 Å². The summed E-state index contributed by atoms with van der Waals surface area (Å²) in [7, 11) is 0. The van der Waals surface area contributed by atoms with Crippen molar-refractivity contribution in [3.63, 3.8) is 0 Å². The van der Waals surface area contributed by atoms with Gasteiger partial charge in [-0.25, -0.2) is 0 Å². The molecule has 76 valence electrons. The molecule has 1 saturated heterocycles. The Morgan fingerprint density at radius 1 is 1.57 bits per heavy atom. The standard InChI is InChI=1S/C10H11BrINO/c11-7-2-4-9-6(5-7)1-3-8(12)10(14)13-9/h2,5,8-9H,1,3-4H2,(H,13,14). The van der Waals surface area contributed by atoms with Gasteiger partial charge in [0.2, 0.25) is 5.91 Å². The van der Waals surface area contributed by atoms with Crippen LogP contribution in [-0.2, 0) is 4.79 Å². The normalized spacial score (nSPS) is 32.3. The number of carbonyl (C=O) groups is 1. The third-order valence-electron chi connectivity index (χ3n) is 2.61. The average Bonchev–Trinajstić information content (AvgIpc) is 2.29. The summed E-state index contributed by atoms with van der Waals surface area (Å²) in [5.41, 5.74) is 1.35. The maximum Gasteiger partial charge on any atom is 0.233 e. The van der Waals surface area contributed by atoms with Gasteiger partial charge >= 0.3 is 0 Å². The predicted octanol–water partition coefficient (Wildman–Crippen LogP) is 2.68. The fraction of sp³-hybridized carbons (Fsp3) is 0.500. The van der Waals surface area contributed by atoms with E-state index in [0.717, 1.165) is 23.7 Å². The largest absolute Gasteiger partial charge is 0.348 e. The molecule has 2 unspecified atom stereocenters. The summed E-state index contributed by atoms with van der Waals surface area (Å²) in [6, 6.07) is 0.239. The van der Waals surface area contributed by atoms with Crippen molar-refractivity contribution in [2.45, 2.75) is 29.2 Å². The van der Waals surface area contributed by atoms with E-state index < -0.39 is 0 Å². The van der Waals surface area contributed by atoms with Gasteiger partial charge < -0.3 is 5.32 Å². The summed E-state index contributed by atoms with van der Waals surface area (Å²) in [4.78, 5) is 11.6. The van der Waals surface area contributed by atoms with Crippen LogP contribution in [-0.4, -0.2) is 15.9 Å². The molecule has 0 aromatic carbocycles. The van der Waals surface area contributed by atoms with Crippen molar-refractivity contribution in [1.29, 1.82) is 0 Å². The molecule has 0 spiro atoms. The Hall–Kier alpha value is 0.160. The van der Waals surface area contributed by atoms with E-state index in [9.17, 15) is 4.79 Å². The number of hydrogen-bond acceptors (Lipinski definition) is 1. The Kier molecular flexibility index (Phi) is 3.31. The van der Waals surface area contributed by atoms with Gasteiger partial charge in [-0.1, -0.05) is 44.6 Å². The molecule has 0 saturated carbocycles. The first-order valence-corrected chi connectivity index (χ1v) is 6.71. The van der Waals surface area contributed by atoms with E-state index in [0.29, 0.717) is 0 Å². The molecule has 1 aliphatic heterocycles. The third-order valence-corrected chi connectivity index (χ3v) is 4.35. The zero-order chi connectivity index (χ0) is 10.1.